The molecule has 0 aliphatic heterocycles. The van der Waals surface area contributed by atoms with Gasteiger partial charge in [-0.25, -0.2) is 0 Å². The molecule has 92 valence electrons. The van der Waals surface area contributed by atoms with Gasteiger partial charge in [-0.15, -0.1) is 0 Å². The smallest absolute Gasteiger partial charge is 0.183 e. The van der Waals surface area contributed by atoms with Crippen LogP contribution in [0, 0.1) is 0 Å². The van der Waals surface area contributed by atoms with Gasteiger partial charge in [-0.2, -0.15) is 0 Å². The van der Waals surface area contributed by atoms with E-state index in [2.05, 4.69) is 44.1 Å². The van der Waals surface area contributed by atoms with Crippen LogP contribution in [0.5, 0.6) is 0 Å². The fraction of sp³-hybridized carbons (Fsp3) is 0.636. The molecule has 0 aliphatic rings. The van der Waals surface area contributed by atoms with Crippen LogP contribution in [0.3, 0.4) is 0 Å². The molecule has 0 saturated carbocycles. The minimum Gasteiger partial charge on any atom is -0.452 e. The second kappa shape index (κ2) is 6.19. The van der Waals surface area contributed by atoms with Crippen LogP contribution >= 0.6 is 31.9 Å². The highest BCUT2D eigenvalue weighted by Gasteiger charge is 2.18. The Kier molecular flexibility index (Phi) is 5.50. The third kappa shape index (κ3) is 4.57. The summed E-state index contributed by atoms with van der Waals surface area (Å²) in [6.07, 6.45) is 1.78. The standard InChI is InChI=1S/C11H17Br2NO2/c1-3-4-11(2,15)7-14-6-8-5-9(12)10(13)16-8/h5,14-15H,3-4,6-7H2,1-2H3. The summed E-state index contributed by atoms with van der Waals surface area (Å²) in [6.45, 7) is 5.09. The Balaban J connectivity index is 2.35. The number of hydrogen-bond donors (Lipinski definition) is 2. The van der Waals surface area contributed by atoms with Crippen molar-refractivity contribution in [1.29, 1.82) is 0 Å². The highest BCUT2D eigenvalue weighted by Crippen LogP contribution is 2.26. The fourth-order valence-electron chi connectivity index (χ4n) is 1.56. The van der Waals surface area contributed by atoms with Crippen LogP contribution in [-0.4, -0.2) is 17.3 Å². The zero-order chi connectivity index (χ0) is 12.2. The van der Waals surface area contributed by atoms with E-state index in [4.69, 9.17) is 4.42 Å². The van der Waals surface area contributed by atoms with Gasteiger partial charge in [-0.05, 0) is 51.3 Å². The maximum atomic E-state index is 9.94. The Morgan fingerprint density at radius 2 is 2.19 bits per heavy atom. The predicted molar refractivity (Wildman–Crippen MR) is 71.3 cm³/mol. The molecule has 1 heterocycles. The second-order valence-corrected chi connectivity index (χ2v) is 5.76. The third-order valence-corrected chi connectivity index (χ3v) is 4.00. The van der Waals surface area contributed by atoms with Crippen LogP contribution in [0.15, 0.2) is 19.6 Å². The van der Waals surface area contributed by atoms with Gasteiger partial charge in [0.25, 0.3) is 0 Å². The van der Waals surface area contributed by atoms with E-state index in [1.54, 1.807) is 0 Å². The Morgan fingerprint density at radius 3 is 2.69 bits per heavy atom. The van der Waals surface area contributed by atoms with Crippen molar-refractivity contribution in [2.45, 2.75) is 38.8 Å². The van der Waals surface area contributed by atoms with E-state index < -0.39 is 5.60 Å². The molecule has 16 heavy (non-hydrogen) atoms. The van der Waals surface area contributed by atoms with E-state index >= 15 is 0 Å². The topological polar surface area (TPSA) is 45.4 Å². The summed E-state index contributed by atoms with van der Waals surface area (Å²) in [5.74, 6) is 0.839. The molecule has 2 N–H and O–H groups in total. The molecule has 0 radical (unpaired) electrons. The quantitative estimate of drug-likeness (QED) is 0.822. The van der Waals surface area contributed by atoms with Crippen LogP contribution in [-0.2, 0) is 6.54 Å². The van der Waals surface area contributed by atoms with Crippen molar-refractivity contribution in [2.24, 2.45) is 0 Å². The lowest BCUT2D eigenvalue weighted by Gasteiger charge is -2.22. The molecule has 1 aromatic rings. The lowest BCUT2D eigenvalue weighted by molar-refractivity contribution is 0.0494. The van der Waals surface area contributed by atoms with E-state index in [1.807, 2.05) is 13.0 Å². The maximum absolute atomic E-state index is 9.94. The van der Waals surface area contributed by atoms with Crippen molar-refractivity contribution in [2.75, 3.05) is 6.54 Å². The molecular formula is C11H17Br2NO2. The average molecular weight is 355 g/mol. The van der Waals surface area contributed by atoms with E-state index in [1.165, 1.54) is 0 Å². The minimum absolute atomic E-state index is 0.566. The van der Waals surface area contributed by atoms with Gasteiger partial charge in [0.1, 0.15) is 5.76 Å². The Morgan fingerprint density at radius 1 is 1.50 bits per heavy atom. The number of hydrogen-bond acceptors (Lipinski definition) is 3. The average Bonchev–Trinajstić information content (AvgIpc) is 2.45. The van der Waals surface area contributed by atoms with Crippen LogP contribution in [0.4, 0.5) is 0 Å². The van der Waals surface area contributed by atoms with Crippen LogP contribution in [0.1, 0.15) is 32.4 Å². The molecule has 1 atom stereocenters. The zero-order valence-corrected chi connectivity index (χ0v) is 12.7. The molecule has 0 saturated heterocycles. The van der Waals surface area contributed by atoms with Crippen LogP contribution in [0.25, 0.3) is 0 Å². The number of aliphatic hydroxyl groups is 1. The van der Waals surface area contributed by atoms with Crippen molar-refractivity contribution in [3.05, 3.63) is 21.0 Å². The van der Waals surface area contributed by atoms with Gasteiger partial charge in [-0.3, -0.25) is 0 Å². The Labute approximate surface area is 113 Å². The molecule has 3 nitrogen and oxygen atoms in total. The zero-order valence-electron chi connectivity index (χ0n) is 9.52. The summed E-state index contributed by atoms with van der Waals surface area (Å²) in [7, 11) is 0. The third-order valence-electron chi connectivity index (χ3n) is 2.29. The van der Waals surface area contributed by atoms with Gasteiger partial charge in [0.05, 0.1) is 16.6 Å². The number of rotatable bonds is 6. The summed E-state index contributed by atoms with van der Waals surface area (Å²) in [5, 5.41) is 13.1. The normalized spacial score (nSPS) is 15.1. The molecule has 0 fully saturated rings. The largest absolute Gasteiger partial charge is 0.452 e. The van der Waals surface area contributed by atoms with E-state index in [0.717, 1.165) is 23.1 Å². The van der Waals surface area contributed by atoms with Gasteiger partial charge in [0, 0.05) is 6.54 Å². The summed E-state index contributed by atoms with van der Waals surface area (Å²) in [4.78, 5) is 0. The molecule has 1 aromatic heterocycles. The second-order valence-electron chi connectivity index (χ2n) is 4.18. The van der Waals surface area contributed by atoms with Gasteiger partial charge >= 0.3 is 0 Å². The van der Waals surface area contributed by atoms with Gasteiger partial charge in [0.15, 0.2) is 4.67 Å². The summed E-state index contributed by atoms with van der Waals surface area (Å²) in [5.41, 5.74) is -0.643. The van der Waals surface area contributed by atoms with E-state index in [-0.39, 0.29) is 0 Å². The highest BCUT2D eigenvalue weighted by molar-refractivity contribution is 9.13. The Hall–Kier alpha value is 0.160. The van der Waals surface area contributed by atoms with Gasteiger partial charge < -0.3 is 14.8 Å². The van der Waals surface area contributed by atoms with Crippen LogP contribution < -0.4 is 5.32 Å². The van der Waals surface area contributed by atoms with E-state index in [0.29, 0.717) is 17.8 Å². The molecule has 0 aromatic carbocycles. The van der Waals surface area contributed by atoms with Crippen molar-refractivity contribution in [1.82, 2.24) is 5.32 Å². The summed E-state index contributed by atoms with van der Waals surface area (Å²) >= 11 is 6.64. The first kappa shape index (κ1) is 14.2. The van der Waals surface area contributed by atoms with Crippen molar-refractivity contribution in [3.63, 3.8) is 0 Å². The molecule has 1 rings (SSSR count). The molecule has 0 bridgehead atoms. The number of furan rings is 1. The van der Waals surface area contributed by atoms with Crippen molar-refractivity contribution < 1.29 is 9.52 Å². The first-order valence-electron chi connectivity index (χ1n) is 5.31. The molecule has 5 heteroatoms. The summed E-state index contributed by atoms with van der Waals surface area (Å²) in [6, 6.07) is 1.91. The Bertz CT molecular complexity index is 317. The van der Waals surface area contributed by atoms with Crippen molar-refractivity contribution in [3.8, 4) is 0 Å². The predicted octanol–water partition coefficient (Wildman–Crippen LogP) is 3.45. The minimum atomic E-state index is -0.643. The monoisotopic (exact) mass is 353 g/mol. The SMILES string of the molecule is CCCC(C)(O)CNCc1cc(Br)c(Br)o1. The number of halogens is 2. The highest BCUT2D eigenvalue weighted by atomic mass is 79.9. The number of nitrogens with one attached hydrogen (secondary N) is 1. The maximum Gasteiger partial charge on any atom is 0.183 e. The first-order valence-corrected chi connectivity index (χ1v) is 6.90. The van der Waals surface area contributed by atoms with Gasteiger partial charge in [0.2, 0.25) is 0 Å². The molecule has 0 spiro atoms. The molecule has 1 unspecified atom stereocenters. The lowest BCUT2D eigenvalue weighted by Crippen LogP contribution is -2.37. The van der Waals surface area contributed by atoms with Crippen molar-refractivity contribution >= 4 is 31.9 Å². The fourth-order valence-corrected chi connectivity index (χ4v) is 2.22. The lowest BCUT2D eigenvalue weighted by atomic mass is 10.0. The van der Waals surface area contributed by atoms with E-state index in [9.17, 15) is 5.11 Å². The molecular weight excluding hydrogens is 338 g/mol. The summed E-state index contributed by atoms with van der Waals surface area (Å²) < 4.78 is 7.02. The molecule has 0 aliphatic carbocycles. The molecule has 0 amide bonds. The first-order chi connectivity index (χ1) is 7.44. The van der Waals surface area contributed by atoms with Gasteiger partial charge in [-0.1, -0.05) is 13.3 Å². The van der Waals surface area contributed by atoms with Crippen LogP contribution in [0.2, 0.25) is 0 Å².